The van der Waals surface area contributed by atoms with Gasteiger partial charge in [-0.05, 0) is 39.0 Å². The molecule has 0 fully saturated rings. The van der Waals surface area contributed by atoms with E-state index in [1.165, 1.54) is 0 Å². The molecule has 1 amide bonds. The monoisotopic (exact) mass is 322 g/mol. The van der Waals surface area contributed by atoms with Gasteiger partial charge in [-0.2, -0.15) is 0 Å². The molecule has 6 nitrogen and oxygen atoms in total. The Labute approximate surface area is 139 Å². The first-order chi connectivity index (χ1) is 11.4. The molecule has 0 saturated heterocycles. The molecule has 24 heavy (non-hydrogen) atoms. The Balaban J connectivity index is 1.86. The largest absolute Gasteiger partial charge is 0.486 e. The van der Waals surface area contributed by atoms with E-state index in [0.29, 0.717) is 22.5 Å². The van der Waals surface area contributed by atoms with Crippen LogP contribution >= 0.6 is 0 Å². The predicted octanol–water partition coefficient (Wildman–Crippen LogP) is 3.45. The van der Waals surface area contributed by atoms with E-state index < -0.39 is 0 Å². The minimum atomic E-state index is -0.376. The van der Waals surface area contributed by atoms with E-state index in [4.69, 9.17) is 4.74 Å². The van der Waals surface area contributed by atoms with Crippen LogP contribution < -0.4 is 10.1 Å². The molecule has 3 aromatic rings. The number of carbonyl (C=O) groups excluding carboxylic acids is 1. The van der Waals surface area contributed by atoms with Gasteiger partial charge in [-0.15, -0.1) is 0 Å². The van der Waals surface area contributed by atoms with Crippen molar-refractivity contribution in [2.45, 2.75) is 26.4 Å². The fraction of sp³-hybridized carbons (Fsp3) is 0.222. The Morgan fingerprint density at radius 3 is 2.54 bits per heavy atom. The summed E-state index contributed by atoms with van der Waals surface area (Å²) in [6.45, 7) is 5.84. The van der Waals surface area contributed by atoms with E-state index in [1.807, 2.05) is 20.8 Å². The number of aromatic nitrogens is 3. The predicted molar refractivity (Wildman–Crippen MR) is 92.1 cm³/mol. The van der Waals surface area contributed by atoms with Gasteiger partial charge >= 0.3 is 0 Å². The van der Waals surface area contributed by atoms with E-state index in [2.05, 4.69) is 20.3 Å². The van der Waals surface area contributed by atoms with Crippen molar-refractivity contribution in [1.82, 2.24) is 15.0 Å². The van der Waals surface area contributed by atoms with Gasteiger partial charge in [0.2, 0.25) is 0 Å². The molecule has 1 aromatic carbocycles. The zero-order chi connectivity index (χ0) is 17.2. The number of fused-ring (bicyclic) bond motifs is 1. The molecule has 0 atom stereocenters. The maximum atomic E-state index is 12.5. The molecular formula is C18H18N4O2. The summed E-state index contributed by atoms with van der Waals surface area (Å²) in [5.41, 5.74) is 2.05. The Morgan fingerprint density at radius 1 is 1.04 bits per heavy atom. The quantitative estimate of drug-likeness (QED) is 0.799. The molecule has 0 saturated carbocycles. The van der Waals surface area contributed by atoms with Crippen LogP contribution in [0.25, 0.3) is 11.0 Å². The van der Waals surface area contributed by atoms with Crippen molar-refractivity contribution >= 4 is 22.6 Å². The van der Waals surface area contributed by atoms with Crippen molar-refractivity contribution in [3.8, 4) is 5.75 Å². The number of nitrogens with one attached hydrogen (secondary N) is 1. The maximum absolute atomic E-state index is 12.5. The number of amides is 1. The fourth-order valence-electron chi connectivity index (χ4n) is 2.19. The van der Waals surface area contributed by atoms with Crippen LogP contribution in [0.5, 0.6) is 5.75 Å². The molecule has 2 aromatic heterocycles. The number of ether oxygens (including phenoxy) is 1. The number of hydrogen-bond acceptors (Lipinski definition) is 5. The summed E-state index contributed by atoms with van der Waals surface area (Å²) in [6.07, 6.45) is 6.41. The lowest BCUT2D eigenvalue weighted by Crippen LogP contribution is -2.24. The number of rotatable bonds is 3. The van der Waals surface area contributed by atoms with Crippen molar-refractivity contribution in [1.29, 1.82) is 0 Å². The van der Waals surface area contributed by atoms with Gasteiger partial charge in [-0.1, -0.05) is 0 Å². The standard InChI is InChI=1S/C18H18N4O2/c1-18(2,3)24-16-6-7-19-11-15(16)22-17(23)12-4-5-13-14(10-12)21-9-8-20-13/h4-11H,1-3H3,(H,22,23). The summed E-state index contributed by atoms with van der Waals surface area (Å²) in [7, 11) is 0. The van der Waals surface area contributed by atoms with Crippen LogP contribution in [-0.4, -0.2) is 26.5 Å². The molecule has 6 heteroatoms. The fourth-order valence-corrected chi connectivity index (χ4v) is 2.19. The lowest BCUT2D eigenvalue weighted by Gasteiger charge is -2.23. The van der Waals surface area contributed by atoms with Crippen molar-refractivity contribution in [2.24, 2.45) is 0 Å². The van der Waals surface area contributed by atoms with Crippen LogP contribution in [0.4, 0.5) is 5.69 Å². The van der Waals surface area contributed by atoms with Crippen molar-refractivity contribution in [2.75, 3.05) is 5.32 Å². The SMILES string of the molecule is CC(C)(C)Oc1ccncc1NC(=O)c1ccc2nccnc2c1. The van der Waals surface area contributed by atoms with E-state index in [9.17, 15) is 4.79 Å². The first-order valence-electron chi connectivity index (χ1n) is 7.57. The Hall–Kier alpha value is -3.02. The summed E-state index contributed by atoms with van der Waals surface area (Å²) in [5, 5.41) is 2.84. The van der Waals surface area contributed by atoms with Gasteiger partial charge in [0.1, 0.15) is 17.0 Å². The van der Waals surface area contributed by atoms with Gasteiger partial charge in [0.15, 0.2) is 0 Å². The summed E-state index contributed by atoms with van der Waals surface area (Å²) in [6, 6.07) is 6.92. The van der Waals surface area contributed by atoms with Gasteiger partial charge in [0.25, 0.3) is 5.91 Å². The molecule has 122 valence electrons. The van der Waals surface area contributed by atoms with Crippen molar-refractivity contribution in [3.63, 3.8) is 0 Å². The second-order valence-electron chi connectivity index (χ2n) is 6.30. The Bertz CT molecular complexity index is 887. The van der Waals surface area contributed by atoms with Gasteiger partial charge in [0.05, 0.1) is 17.2 Å². The van der Waals surface area contributed by atoms with Crippen LogP contribution in [0.1, 0.15) is 31.1 Å². The third-order valence-corrected chi connectivity index (χ3v) is 3.18. The molecule has 0 radical (unpaired) electrons. The molecule has 0 aliphatic heterocycles. The lowest BCUT2D eigenvalue weighted by atomic mass is 10.1. The second-order valence-corrected chi connectivity index (χ2v) is 6.30. The molecule has 0 aliphatic carbocycles. The molecule has 0 aliphatic rings. The Morgan fingerprint density at radius 2 is 1.79 bits per heavy atom. The minimum Gasteiger partial charge on any atom is -0.486 e. The highest BCUT2D eigenvalue weighted by Crippen LogP contribution is 2.27. The van der Waals surface area contributed by atoms with Crippen molar-refractivity contribution < 1.29 is 9.53 Å². The van der Waals surface area contributed by atoms with Crippen LogP contribution in [0.2, 0.25) is 0 Å². The number of hydrogen-bond donors (Lipinski definition) is 1. The summed E-state index contributed by atoms with van der Waals surface area (Å²) in [4.78, 5) is 25.0. The van der Waals surface area contributed by atoms with Crippen LogP contribution in [0.3, 0.4) is 0 Å². The van der Waals surface area contributed by atoms with Crippen LogP contribution in [-0.2, 0) is 0 Å². The summed E-state index contributed by atoms with van der Waals surface area (Å²) < 4.78 is 5.86. The second kappa shape index (κ2) is 6.23. The van der Waals surface area contributed by atoms with Gasteiger partial charge in [-0.3, -0.25) is 19.7 Å². The molecule has 1 N–H and O–H groups in total. The first-order valence-corrected chi connectivity index (χ1v) is 7.57. The Kier molecular flexibility index (Phi) is 4.12. The van der Waals surface area contributed by atoms with Crippen molar-refractivity contribution in [3.05, 3.63) is 54.6 Å². The smallest absolute Gasteiger partial charge is 0.255 e. The maximum Gasteiger partial charge on any atom is 0.255 e. The minimum absolute atomic E-state index is 0.255. The zero-order valence-corrected chi connectivity index (χ0v) is 13.8. The van der Waals surface area contributed by atoms with E-state index in [1.54, 1.807) is 49.1 Å². The average molecular weight is 322 g/mol. The third-order valence-electron chi connectivity index (χ3n) is 3.18. The molecule has 2 heterocycles. The molecule has 0 spiro atoms. The molecule has 3 rings (SSSR count). The van der Waals surface area contributed by atoms with Crippen LogP contribution in [0.15, 0.2) is 49.1 Å². The highest BCUT2D eigenvalue weighted by atomic mass is 16.5. The molecular weight excluding hydrogens is 304 g/mol. The van der Waals surface area contributed by atoms with Gasteiger partial charge in [-0.25, -0.2) is 0 Å². The average Bonchev–Trinajstić information content (AvgIpc) is 2.55. The highest BCUT2D eigenvalue weighted by molar-refractivity contribution is 6.06. The van der Waals surface area contributed by atoms with E-state index in [0.717, 1.165) is 5.52 Å². The normalized spacial score (nSPS) is 11.3. The number of benzene rings is 1. The number of anilines is 1. The number of nitrogens with zero attached hydrogens (tertiary/aromatic N) is 3. The van der Waals surface area contributed by atoms with Gasteiger partial charge in [0, 0.05) is 30.2 Å². The first kappa shape index (κ1) is 15.9. The van der Waals surface area contributed by atoms with Crippen LogP contribution in [0, 0.1) is 0 Å². The van der Waals surface area contributed by atoms with E-state index in [-0.39, 0.29) is 11.5 Å². The van der Waals surface area contributed by atoms with Gasteiger partial charge < -0.3 is 10.1 Å². The summed E-state index contributed by atoms with van der Waals surface area (Å²) in [5.74, 6) is 0.320. The third kappa shape index (κ3) is 3.65. The van der Waals surface area contributed by atoms with E-state index >= 15 is 0 Å². The highest BCUT2D eigenvalue weighted by Gasteiger charge is 2.16. The molecule has 0 bridgehead atoms. The topological polar surface area (TPSA) is 77.0 Å². The zero-order valence-electron chi connectivity index (χ0n) is 13.8. The number of carbonyl (C=O) groups is 1. The summed E-state index contributed by atoms with van der Waals surface area (Å²) >= 11 is 0. The molecule has 0 unspecified atom stereocenters. The number of pyridine rings is 1. The lowest BCUT2D eigenvalue weighted by molar-refractivity contribution is 0.102.